The average molecular weight is 308 g/mol. The first-order valence-corrected chi connectivity index (χ1v) is 6.99. The summed E-state index contributed by atoms with van der Waals surface area (Å²) >= 11 is 0. The Morgan fingerprint density at radius 1 is 1.00 bits per heavy atom. The summed E-state index contributed by atoms with van der Waals surface area (Å²) in [6.07, 6.45) is 0. The van der Waals surface area contributed by atoms with Crippen LogP contribution in [-0.4, -0.2) is 22.0 Å². The second-order valence-electron chi connectivity index (χ2n) is 4.91. The summed E-state index contributed by atoms with van der Waals surface area (Å²) in [4.78, 5) is 14.9. The van der Waals surface area contributed by atoms with Crippen molar-refractivity contribution in [2.75, 3.05) is 12.1 Å². The van der Waals surface area contributed by atoms with Gasteiger partial charge in [-0.25, -0.2) is 0 Å². The molecule has 1 aliphatic heterocycles. The van der Waals surface area contributed by atoms with Crippen LogP contribution in [0.25, 0.3) is 11.3 Å². The van der Waals surface area contributed by atoms with Crippen LogP contribution < -0.4 is 20.3 Å². The smallest absolute Gasteiger partial charge is 0.279 e. The van der Waals surface area contributed by atoms with Crippen LogP contribution in [0.4, 0.5) is 11.6 Å². The zero-order valence-electron chi connectivity index (χ0n) is 11.9. The molecule has 0 unspecified atom stereocenters. The minimum Gasteiger partial charge on any atom is -0.454 e. The molecule has 0 bridgehead atoms. The highest BCUT2D eigenvalue weighted by molar-refractivity contribution is 5.61. The van der Waals surface area contributed by atoms with Gasteiger partial charge in [-0.1, -0.05) is 30.3 Å². The van der Waals surface area contributed by atoms with Gasteiger partial charge < -0.3 is 14.8 Å². The predicted molar refractivity (Wildman–Crippen MR) is 83.9 cm³/mol. The topological polar surface area (TPSA) is 89.1 Å². The van der Waals surface area contributed by atoms with E-state index in [9.17, 15) is 4.79 Å². The number of rotatable bonds is 3. The molecule has 2 N–H and O–H groups in total. The standard InChI is InChI=1S/C16H12N4O3/c21-15-14(10-4-2-1-3-5-10)19-20-16(18-15)17-11-6-7-12-13(8-11)23-9-22-12/h1-8H,9H2,(H2,17,18,20,21). The van der Waals surface area contributed by atoms with Crippen LogP contribution in [-0.2, 0) is 0 Å². The van der Waals surface area contributed by atoms with Gasteiger partial charge in [0, 0.05) is 17.3 Å². The van der Waals surface area contributed by atoms with Crippen LogP contribution in [0, 0.1) is 0 Å². The summed E-state index contributed by atoms with van der Waals surface area (Å²) in [5.41, 5.74) is 1.40. The molecule has 7 nitrogen and oxygen atoms in total. The molecular weight excluding hydrogens is 296 g/mol. The molecule has 0 saturated heterocycles. The zero-order valence-corrected chi connectivity index (χ0v) is 11.9. The van der Waals surface area contributed by atoms with Gasteiger partial charge >= 0.3 is 0 Å². The lowest BCUT2D eigenvalue weighted by atomic mass is 10.2. The number of benzene rings is 2. The molecule has 0 atom stereocenters. The third-order valence-electron chi connectivity index (χ3n) is 3.38. The maximum atomic E-state index is 12.2. The lowest BCUT2D eigenvalue weighted by molar-refractivity contribution is 0.174. The van der Waals surface area contributed by atoms with E-state index in [1.54, 1.807) is 18.2 Å². The van der Waals surface area contributed by atoms with Crippen LogP contribution >= 0.6 is 0 Å². The first-order valence-electron chi connectivity index (χ1n) is 6.99. The van der Waals surface area contributed by atoms with Crippen LogP contribution in [0.5, 0.6) is 11.5 Å². The van der Waals surface area contributed by atoms with Crippen molar-refractivity contribution >= 4 is 11.6 Å². The van der Waals surface area contributed by atoms with Gasteiger partial charge in [-0.05, 0) is 12.1 Å². The molecule has 4 rings (SSSR count). The Hall–Kier alpha value is -3.35. The molecule has 114 valence electrons. The first kappa shape index (κ1) is 13.3. The minimum absolute atomic E-state index is 0.210. The van der Waals surface area contributed by atoms with Gasteiger partial charge in [-0.2, -0.15) is 0 Å². The van der Waals surface area contributed by atoms with E-state index in [2.05, 4.69) is 20.5 Å². The van der Waals surface area contributed by atoms with E-state index in [0.717, 1.165) is 5.56 Å². The van der Waals surface area contributed by atoms with E-state index in [0.29, 0.717) is 17.2 Å². The monoisotopic (exact) mass is 308 g/mol. The van der Waals surface area contributed by atoms with Crippen molar-refractivity contribution in [2.24, 2.45) is 0 Å². The van der Waals surface area contributed by atoms with Crippen LogP contribution in [0.3, 0.4) is 0 Å². The number of nitrogens with zero attached hydrogens (tertiary/aromatic N) is 2. The SMILES string of the molecule is O=c1[nH]c(Nc2ccc3c(c2)OCO3)nnc1-c1ccccc1. The van der Waals surface area contributed by atoms with E-state index in [4.69, 9.17) is 9.47 Å². The van der Waals surface area contributed by atoms with E-state index < -0.39 is 0 Å². The molecule has 2 aromatic carbocycles. The summed E-state index contributed by atoms with van der Waals surface area (Å²) in [6, 6.07) is 14.5. The van der Waals surface area contributed by atoms with Gasteiger partial charge in [0.1, 0.15) is 0 Å². The van der Waals surface area contributed by atoms with Gasteiger partial charge in [-0.15, -0.1) is 10.2 Å². The molecule has 1 aliphatic rings. The van der Waals surface area contributed by atoms with E-state index in [1.807, 2.05) is 30.3 Å². The number of hydrogen-bond acceptors (Lipinski definition) is 6. The number of anilines is 2. The Kier molecular flexibility index (Phi) is 3.16. The number of fused-ring (bicyclic) bond motifs is 1. The van der Waals surface area contributed by atoms with E-state index >= 15 is 0 Å². The fourth-order valence-electron chi connectivity index (χ4n) is 2.29. The lowest BCUT2D eigenvalue weighted by Gasteiger charge is -2.06. The number of nitrogens with one attached hydrogen (secondary N) is 2. The maximum absolute atomic E-state index is 12.2. The van der Waals surface area contributed by atoms with Crippen molar-refractivity contribution in [3.05, 3.63) is 58.9 Å². The third kappa shape index (κ3) is 2.59. The highest BCUT2D eigenvalue weighted by Gasteiger charge is 2.14. The predicted octanol–water partition coefficient (Wildman–Crippen LogP) is 2.30. The molecule has 7 heteroatoms. The number of aromatic amines is 1. The zero-order chi connectivity index (χ0) is 15.6. The molecule has 0 saturated carbocycles. The second kappa shape index (κ2) is 5.45. The minimum atomic E-state index is -0.311. The van der Waals surface area contributed by atoms with Crippen molar-refractivity contribution in [3.63, 3.8) is 0 Å². The molecule has 0 fully saturated rings. The Balaban J connectivity index is 1.61. The second-order valence-corrected chi connectivity index (χ2v) is 4.91. The van der Waals surface area contributed by atoms with Crippen molar-refractivity contribution in [2.45, 2.75) is 0 Å². The normalized spacial score (nSPS) is 12.2. The molecule has 2 heterocycles. The molecule has 0 spiro atoms. The first-order chi connectivity index (χ1) is 11.3. The summed E-state index contributed by atoms with van der Waals surface area (Å²) in [6.45, 7) is 0.210. The van der Waals surface area contributed by atoms with Crippen LogP contribution in [0.15, 0.2) is 53.3 Å². The number of hydrogen-bond donors (Lipinski definition) is 2. The number of ether oxygens (including phenoxy) is 2. The molecule has 1 aromatic heterocycles. The number of H-pyrrole nitrogens is 1. The van der Waals surface area contributed by atoms with Gasteiger partial charge in [0.2, 0.25) is 12.7 Å². The summed E-state index contributed by atoms with van der Waals surface area (Å²) in [7, 11) is 0. The Morgan fingerprint density at radius 3 is 2.65 bits per heavy atom. The molecular formula is C16H12N4O3. The molecule has 23 heavy (non-hydrogen) atoms. The molecule has 3 aromatic rings. The van der Waals surface area contributed by atoms with Crippen molar-refractivity contribution in [1.29, 1.82) is 0 Å². The fourth-order valence-corrected chi connectivity index (χ4v) is 2.29. The Labute approximate surface area is 130 Å². The fraction of sp³-hybridized carbons (Fsp3) is 0.0625. The maximum Gasteiger partial charge on any atom is 0.279 e. The molecule has 0 amide bonds. The van der Waals surface area contributed by atoms with E-state index in [1.165, 1.54) is 0 Å². The van der Waals surface area contributed by atoms with Crippen LogP contribution in [0.1, 0.15) is 0 Å². The van der Waals surface area contributed by atoms with Gasteiger partial charge in [-0.3, -0.25) is 9.78 Å². The Morgan fingerprint density at radius 2 is 1.83 bits per heavy atom. The van der Waals surface area contributed by atoms with Crippen molar-refractivity contribution in [1.82, 2.24) is 15.2 Å². The summed E-state index contributed by atoms with van der Waals surface area (Å²) in [5, 5.41) is 11.0. The van der Waals surface area contributed by atoms with Crippen molar-refractivity contribution in [3.8, 4) is 22.8 Å². The molecule has 0 radical (unpaired) electrons. The van der Waals surface area contributed by atoms with Gasteiger partial charge in [0.15, 0.2) is 17.2 Å². The average Bonchev–Trinajstić information content (AvgIpc) is 3.03. The lowest BCUT2D eigenvalue weighted by Crippen LogP contribution is -2.15. The summed E-state index contributed by atoms with van der Waals surface area (Å²) in [5.74, 6) is 1.59. The quantitative estimate of drug-likeness (QED) is 0.772. The third-order valence-corrected chi connectivity index (χ3v) is 3.38. The van der Waals surface area contributed by atoms with Crippen LogP contribution in [0.2, 0.25) is 0 Å². The van der Waals surface area contributed by atoms with E-state index in [-0.39, 0.29) is 24.0 Å². The number of aromatic nitrogens is 3. The van der Waals surface area contributed by atoms with Crippen molar-refractivity contribution < 1.29 is 9.47 Å². The molecule has 0 aliphatic carbocycles. The highest BCUT2D eigenvalue weighted by atomic mass is 16.7. The van der Waals surface area contributed by atoms with Gasteiger partial charge in [0.05, 0.1) is 0 Å². The Bertz CT molecular complexity index is 909. The largest absolute Gasteiger partial charge is 0.454 e. The van der Waals surface area contributed by atoms with Gasteiger partial charge in [0.25, 0.3) is 5.56 Å². The highest BCUT2D eigenvalue weighted by Crippen LogP contribution is 2.34. The summed E-state index contributed by atoms with van der Waals surface area (Å²) < 4.78 is 10.6.